The number of amides is 1. The monoisotopic (exact) mass is 496 g/mol. The predicted octanol–water partition coefficient (Wildman–Crippen LogP) is 1.56. The van der Waals surface area contributed by atoms with E-state index in [9.17, 15) is 18.0 Å². The maximum Gasteiger partial charge on any atom is 0.261 e. The largest absolute Gasteiger partial charge is 0.378 e. The summed E-state index contributed by atoms with van der Waals surface area (Å²) in [6.07, 6.45) is 1.40. The number of anilines is 1. The lowest BCUT2D eigenvalue weighted by atomic mass is 10.0. The van der Waals surface area contributed by atoms with Crippen molar-refractivity contribution in [1.29, 1.82) is 0 Å². The highest BCUT2D eigenvalue weighted by Gasteiger charge is 2.18. The highest BCUT2D eigenvalue weighted by Crippen LogP contribution is 2.26. The normalized spacial score (nSPS) is 14.5. The molecule has 2 aromatic heterocycles. The van der Waals surface area contributed by atoms with Crippen molar-refractivity contribution in [1.82, 2.24) is 24.4 Å². The molecule has 0 saturated carbocycles. The first-order valence-corrected chi connectivity index (χ1v) is 12.8. The first kappa shape index (κ1) is 23.0. The second-order valence-corrected chi connectivity index (χ2v) is 10.2. The van der Waals surface area contributed by atoms with Crippen LogP contribution in [0.1, 0.15) is 6.92 Å². The lowest BCUT2D eigenvalue weighted by Crippen LogP contribution is -2.43. The number of fused-ring (bicyclic) bond motifs is 2. The zero-order chi connectivity index (χ0) is 24.6. The van der Waals surface area contributed by atoms with Gasteiger partial charge in [-0.3, -0.25) is 18.9 Å². The Morgan fingerprint density at radius 2 is 1.83 bits per heavy atom. The molecular weight excluding hydrogens is 472 g/mol. The van der Waals surface area contributed by atoms with Crippen LogP contribution in [0.2, 0.25) is 0 Å². The van der Waals surface area contributed by atoms with Crippen molar-refractivity contribution in [2.24, 2.45) is 0 Å². The molecule has 0 aliphatic carbocycles. The van der Waals surface area contributed by atoms with Gasteiger partial charge in [-0.2, -0.15) is 0 Å². The third kappa shape index (κ3) is 4.75. The predicted molar refractivity (Wildman–Crippen MR) is 132 cm³/mol. The molecule has 0 unspecified atom stereocenters. The Bertz CT molecular complexity index is 1590. The highest BCUT2D eigenvalue weighted by molar-refractivity contribution is 7.92. The number of H-pyrrole nitrogens is 1. The summed E-state index contributed by atoms with van der Waals surface area (Å²) in [4.78, 5) is 39.0. The van der Waals surface area contributed by atoms with Crippen molar-refractivity contribution in [2.75, 3.05) is 36.8 Å². The van der Waals surface area contributed by atoms with Crippen molar-refractivity contribution in [3.63, 3.8) is 0 Å². The van der Waals surface area contributed by atoms with Crippen LogP contribution in [0.25, 0.3) is 33.1 Å². The molecule has 182 valence electrons. The van der Waals surface area contributed by atoms with E-state index in [0.717, 1.165) is 11.1 Å². The molecule has 1 fully saturated rings. The molecule has 1 aliphatic heterocycles. The summed E-state index contributed by atoms with van der Waals surface area (Å²) in [7, 11) is -3.45. The van der Waals surface area contributed by atoms with Crippen molar-refractivity contribution in [2.45, 2.75) is 13.5 Å². The molecule has 0 atom stereocenters. The summed E-state index contributed by atoms with van der Waals surface area (Å²) >= 11 is 0. The topological polar surface area (TPSA) is 139 Å². The van der Waals surface area contributed by atoms with Gasteiger partial charge in [-0.1, -0.05) is 12.1 Å². The number of carbonyl (C=O) groups excluding carboxylic acids is 1. The number of sulfonamides is 1. The molecular formula is C23H24N6O5S. The number of benzene rings is 2. The Morgan fingerprint density at radius 1 is 1.11 bits per heavy atom. The summed E-state index contributed by atoms with van der Waals surface area (Å²) < 4.78 is 32.7. The Hall–Kier alpha value is -3.77. The van der Waals surface area contributed by atoms with Gasteiger partial charge < -0.3 is 14.6 Å². The van der Waals surface area contributed by atoms with Crippen LogP contribution in [0.3, 0.4) is 0 Å². The Morgan fingerprint density at radius 3 is 2.57 bits per heavy atom. The molecule has 4 aromatic rings. The number of hydrogen-bond donors (Lipinski definition) is 2. The van der Waals surface area contributed by atoms with Crippen LogP contribution in [0, 0.1) is 0 Å². The van der Waals surface area contributed by atoms with Crippen LogP contribution in [-0.2, 0) is 26.1 Å². The lowest BCUT2D eigenvalue weighted by molar-refractivity contribution is -0.135. The van der Waals surface area contributed by atoms with Gasteiger partial charge in [0, 0.05) is 13.1 Å². The number of rotatable bonds is 6. The smallest absolute Gasteiger partial charge is 0.261 e. The van der Waals surface area contributed by atoms with Gasteiger partial charge >= 0.3 is 0 Å². The highest BCUT2D eigenvalue weighted by atomic mass is 32.2. The van der Waals surface area contributed by atoms with Gasteiger partial charge in [0.15, 0.2) is 0 Å². The fourth-order valence-electron chi connectivity index (χ4n) is 3.97. The molecule has 11 nitrogen and oxygen atoms in total. The van der Waals surface area contributed by atoms with Crippen LogP contribution >= 0.6 is 0 Å². The van der Waals surface area contributed by atoms with Gasteiger partial charge in [-0.05, 0) is 42.3 Å². The minimum atomic E-state index is -3.45. The molecule has 2 aromatic carbocycles. The third-order valence-corrected chi connectivity index (χ3v) is 7.21. The summed E-state index contributed by atoms with van der Waals surface area (Å²) in [6, 6.07) is 10.8. The standard InChI is InChI=1S/C23H24N6O5S/c1-2-35(32,33)27-23-25-19-6-4-16(12-20(19)26-23)15-3-5-18-17(11-15)22(31)29(14-24-18)13-21(30)28-7-9-34-10-8-28/h3-6,11-12,14H,2,7-10,13H2,1H3,(H2,25,26,27). The molecule has 2 N–H and O–H groups in total. The fourth-order valence-corrected chi connectivity index (χ4v) is 4.50. The van der Waals surface area contributed by atoms with Crippen molar-refractivity contribution < 1.29 is 17.9 Å². The SMILES string of the molecule is CCS(=O)(=O)Nc1nc2ccc(-c3ccc4ncn(CC(=O)N5CCOCC5)c(=O)c4c3)cc2[nH]1. The average molecular weight is 497 g/mol. The number of ether oxygens (including phenoxy) is 1. The van der Waals surface area contributed by atoms with Crippen LogP contribution in [0.15, 0.2) is 47.5 Å². The number of aromatic amines is 1. The molecule has 0 radical (unpaired) electrons. The van der Waals surface area contributed by atoms with Crippen molar-refractivity contribution in [3.05, 3.63) is 53.1 Å². The number of aromatic nitrogens is 4. The quantitative estimate of drug-likeness (QED) is 0.413. The Kier molecular flexibility index (Phi) is 5.99. The van der Waals surface area contributed by atoms with Crippen LogP contribution in [-0.4, -0.2) is 70.8 Å². The van der Waals surface area contributed by atoms with E-state index in [0.29, 0.717) is 48.2 Å². The Balaban J connectivity index is 1.45. The van der Waals surface area contributed by atoms with Gasteiger partial charge in [0.1, 0.15) is 6.54 Å². The van der Waals surface area contributed by atoms with E-state index in [2.05, 4.69) is 19.7 Å². The summed E-state index contributed by atoms with van der Waals surface area (Å²) in [5, 5.41) is 0.404. The van der Waals surface area contributed by atoms with Crippen molar-refractivity contribution >= 4 is 43.8 Å². The number of morpholine rings is 1. The number of nitrogens with zero attached hydrogens (tertiary/aromatic N) is 4. The zero-order valence-corrected chi connectivity index (χ0v) is 19.8. The molecule has 3 heterocycles. The van der Waals surface area contributed by atoms with E-state index in [-0.39, 0.29) is 29.7 Å². The van der Waals surface area contributed by atoms with Gasteiger partial charge in [0.05, 0.1) is 47.2 Å². The van der Waals surface area contributed by atoms with E-state index in [1.54, 1.807) is 30.0 Å². The molecule has 0 bridgehead atoms. The first-order chi connectivity index (χ1) is 16.8. The van der Waals surface area contributed by atoms with Gasteiger partial charge in [-0.25, -0.2) is 18.4 Å². The average Bonchev–Trinajstić information content (AvgIpc) is 3.26. The second kappa shape index (κ2) is 9.12. The van der Waals surface area contributed by atoms with Crippen LogP contribution in [0.4, 0.5) is 5.95 Å². The zero-order valence-electron chi connectivity index (χ0n) is 19.0. The Labute approximate surface area is 200 Å². The maximum absolute atomic E-state index is 13.2. The van der Waals surface area contributed by atoms with Gasteiger partial charge in [-0.15, -0.1) is 0 Å². The minimum Gasteiger partial charge on any atom is -0.378 e. The summed E-state index contributed by atoms with van der Waals surface area (Å²) in [5.74, 6) is -0.0582. The van der Waals surface area contributed by atoms with Gasteiger partial charge in [0.25, 0.3) is 5.56 Å². The lowest BCUT2D eigenvalue weighted by Gasteiger charge is -2.27. The number of hydrogen-bond acceptors (Lipinski definition) is 7. The number of nitrogens with one attached hydrogen (secondary N) is 2. The van der Waals surface area contributed by atoms with Crippen LogP contribution in [0.5, 0.6) is 0 Å². The van der Waals surface area contributed by atoms with E-state index < -0.39 is 10.0 Å². The van der Waals surface area contributed by atoms with E-state index in [1.807, 2.05) is 18.2 Å². The molecule has 35 heavy (non-hydrogen) atoms. The molecule has 12 heteroatoms. The first-order valence-electron chi connectivity index (χ1n) is 11.2. The third-order valence-electron chi connectivity index (χ3n) is 5.94. The number of imidazole rings is 1. The fraction of sp³-hybridized carbons (Fsp3) is 0.304. The van der Waals surface area contributed by atoms with Gasteiger partial charge in [0.2, 0.25) is 21.9 Å². The van der Waals surface area contributed by atoms with E-state index in [4.69, 9.17) is 4.74 Å². The van der Waals surface area contributed by atoms with Crippen molar-refractivity contribution in [3.8, 4) is 11.1 Å². The van der Waals surface area contributed by atoms with Crippen LogP contribution < -0.4 is 10.3 Å². The summed E-state index contributed by atoms with van der Waals surface area (Å²) in [6.45, 7) is 3.47. The molecule has 1 amide bonds. The molecule has 0 spiro atoms. The summed E-state index contributed by atoms with van der Waals surface area (Å²) in [5.41, 5.74) is 3.09. The van der Waals surface area contributed by atoms with E-state index in [1.165, 1.54) is 10.9 Å². The number of carbonyl (C=O) groups is 1. The maximum atomic E-state index is 13.2. The van der Waals surface area contributed by atoms with E-state index >= 15 is 0 Å². The minimum absolute atomic E-state index is 0.0595. The second-order valence-electron chi connectivity index (χ2n) is 8.23. The molecule has 1 aliphatic rings. The molecule has 1 saturated heterocycles. The molecule has 5 rings (SSSR count).